The second kappa shape index (κ2) is 22.1. The first kappa shape index (κ1) is 57.3. The van der Waals surface area contributed by atoms with Gasteiger partial charge >= 0.3 is 0 Å². The van der Waals surface area contributed by atoms with Crippen molar-refractivity contribution in [1.29, 1.82) is 0 Å². The Labute approximate surface area is 435 Å². The summed E-state index contributed by atoms with van der Waals surface area (Å²) in [6, 6.07) is 0. The first-order valence-electron chi connectivity index (χ1n) is 27.4. The molecule has 432 valence electrons. The highest BCUT2D eigenvalue weighted by Crippen LogP contribution is 2.71. The number of rotatable bonds is 12. The lowest BCUT2D eigenvalue weighted by Crippen LogP contribution is -2.68. The van der Waals surface area contributed by atoms with Gasteiger partial charge in [-0.05, 0) is 97.7 Å². The Balaban J connectivity index is 0.829. The minimum Gasteiger partial charge on any atom is -0.394 e. The van der Waals surface area contributed by atoms with Crippen molar-refractivity contribution in [3.05, 3.63) is 0 Å². The number of fused-ring (bicyclic) bond motifs is 7. The molecule has 10 aliphatic rings. The van der Waals surface area contributed by atoms with Crippen molar-refractivity contribution in [3.63, 3.8) is 0 Å². The topological polar surface area (TPSA) is 376 Å². The van der Waals surface area contributed by atoms with Gasteiger partial charge in [-0.3, -0.25) is 0 Å². The van der Waals surface area contributed by atoms with Crippen molar-refractivity contribution in [3.8, 4) is 0 Å². The van der Waals surface area contributed by atoms with Crippen molar-refractivity contribution < 1.29 is 119 Å². The van der Waals surface area contributed by atoms with Gasteiger partial charge in [-0.15, -0.1) is 0 Å². The van der Waals surface area contributed by atoms with Crippen LogP contribution in [0.5, 0.6) is 0 Å². The Kier molecular flexibility index (Phi) is 16.9. The number of aliphatic hydroxyl groups is 14. The van der Waals surface area contributed by atoms with Crippen LogP contribution in [0.2, 0.25) is 0 Å². The molecule has 24 nitrogen and oxygen atoms in total. The third-order valence-electron chi connectivity index (χ3n) is 20.4. The molecule has 7 unspecified atom stereocenters. The molecule has 0 amide bonds. The Morgan fingerprint density at radius 3 is 1.60 bits per heavy atom. The fourth-order valence-corrected chi connectivity index (χ4v) is 16.2. The van der Waals surface area contributed by atoms with E-state index in [1.165, 1.54) is 0 Å². The molecule has 14 N–H and O–H groups in total. The van der Waals surface area contributed by atoms with Gasteiger partial charge in [0.2, 0.25) is 0 Å². The SMILES string of the molecule is CC1C2C(CC3C4C[C@@H](O)[C@H]5CC(O[C@@H]6O[C@H](CO)[C@H](O[C@@H]7O[C@H](CO)[C@@H](O)[C@H](O[C@@H]8O[C@H](CO)[C@@H](O)[C@H](O)[C@H]8O)[C@H]7O[C@@H]7O[C@H](CO)[C@@H](O)[C@H](O)[C@H]7O)[C@H](O)[C@H]6O)CC[C@]5(C)C4CC[C@@]32C)O[C@]12CC[C@@H](C)CO2. The molecular weight excluding hydrogens is 997 g/mol. The van der Waals surface area contributed by atoms with Gasteiger partial charge in [0, 0.05) is 12.3 Å². The van der Waals surface area contributed by atoms with Gasteiger partial charge in [-0.2, -0.15) is 0 Å². The smallest absolute Gasteiger partial charge is 0.187 e. The predicted octanol–water partition coefficient (Wildman–Crippen LogP) is -3.94. The zero-order chi connectivity index (χ0) is 53.8. The third-order valence-corrected chi connectivity index (χ3v) is 20.4. The van der Waals surface area contributed by atoms with Gasteiger partial charge < -0.3 is 119 Å². The molecule has 33 atom stereocenters. The van der Waals surface area contributed by atoms with Crippen LogP contribution in [-0.2, 0) is 47.4 Å². The molecular formula is C51H84O24. The molecule has 0 aromatic carbocycles. The maximum atomic E-state index is 12.1. The summed E-state index contributed by atoms with van der Waals surface area (Å²) in [6.07, 6.45) is -29.9. The van der Waals surface area contributed by atoms with Crippen LogP contribution in [0.4, 0.5) is 0 Å². The number of ether oxygens (including phenoxy) is 10. The molecule has 6 saturated heterocycles. The monoisotopic (exact) mass is 1080 g/mol. The van der Waals surface area contributed by atoms with Crippen LogP contribution in [0.25, 0.3) is 0 Å². The summed E-state index contributed by atoms with van der Waals surface area (Å²) in [7, 11) is 0. The number of aliphatic hydroxyl groups excluding tert-OH is 14. The van der Waals surface area contributed by atoms with Crippen LogP contribution < -0.4 is 0 Å². The third kappa shape index (κ3) is 9.79. The van der Waals surface area contributed by atoms with Crippen LogP contribution >= 0.6 is 0 Å². The van der Waals surface area contributed by atoms with Gasteiger partial charge in [0.15, 0.2) is 30.9 Å². The molecule has 4 aliphatic carbocycles. The van der Waals surface area contributed by atoms with Gasteiger partial charge in [0.05, 0.1) is 51.3 Å². The maximum absolute atomic E-state index is 12.1. The van der Waals surface area contributed by atoms with Gasteiger partial charge in [0.1, 0.15) is 97.7 Å². The summed E-state index contributed by atoms with van der Waals surface area (Å²) >= 11 is 0. The van der Waals surface area contributed by atoms with Crippen molar-refractivity contribution in [2.75, 3.05) is 33.0 Å². The molecule has 6 heterocycles. The van der Waals surface area contributed by atoms with E-state index >= 15 is 0 Å². The largest absolute Gasteiger partial charge is 0.394 e. The van der Waals surface area contributed by atoms with Crippen molar-refractivity contribution in [2.24, 2.45) is 52.3 Å². The average molecular weight is 1080 g/mol. The van der Waals surface area contributed by atoms with Crippen LogP contribution in [0.1, 0.15) is 85.5 Å². The van der Waals surface area contributed by atoms with Crippen molar-refractivity contribution in [2.45, 2.75) is 232 Å². The molecule has 0 aromatic rings. The van der Waals surface area contributed by atoms with E-state index in [1.807, 2.05) is 0 Å². The van der Waals surface area contributed by atoms with E-state index < -0.39 is 167 Å². The lowest BCUT2D eigenvalue weighted by atomic mass is 9.43. The van der Waals surface area contributed by atoms with Crippen LogP contribution in [0.15, 0.2) is 0 Å². The van der Waals surface area contributed by atoms with E-state index in [1.54, 1.807) is 0 Å². The average Bonchev–Trinajstić information content (AvgIpc) is 3.87. The van der Waals surface area contributed by atoms with Crippen molar-refractivity contribution >= 4 is 0 Å². The summed E-state index contributed by atoms with van der Waals surface area (Å²) in [4.78, 5) is 0. The second-order valence-electron chi connectivity index (χ2n) is 24.5. The van der Waals surface area contributed by atoms with Crippen LogP contribution in [0, 0.1) is 52.3 Å². The number of hydrogen-bond acceptors (Lipinski definition) is 24. The van der Waals surface area contributed by atoms with Gasteiger partial charge in [-0.25, -0.2) is 0 Å². The molecule has 0 bridgehead atoms. The normalized spacial score (nSPS) is 58.0. The molecule has 10 fully saturated rings. The molecule has 6 aliphatic heterocycles. The van der Waals surface area contributed by atoms with Crippen molar-refractivity contribution in [1.82, 2.24) is 0 Å². The Hall–Kier alpha value is -0.960. The number of hydrogen-bond donors (Lipinski definition) is 14. The van der Waals surface area contributed by atoms with Gasteiger partial charge in [-0.1, -0.05) is 27.7 Å². The summed E-state index contributed by atoms with van der Waals surface area (Å²) in [6.45, 7) is 6.54. The van der Waals surface area contributed by atoms with E-state index in [-0.39, 0.29) is 28.8 Å². The molecule has 75 heavy (non-hydrogen) atoms. The summed E-state index contributed by atoms with van der Waals surface area (Å²) < 4.78 is 61.3. The molecule has 10 rings (SSSR count). The molecule has 0 radical (unpaired) electrons. The van der Waals surface area contributed by atoms with Crippen LogP contribution in [0.3, 0.4) is 0 Å². The summed E-state index contributed by atoms with van der Waals surface area (Å²) in [5, 5.41) is 152. The highest BCUT2D eigenvalue weighted by atomic mass is 16.8. The lowest BCUT2D eigenvalue weighted by molar-refractivity contribution is -0.406. The zero-order valence-electron chi connectivity index (χ0n) is 43.1. The highest BCUT2D eigenvalue weighted by molar-refractivity contribution is 5.16. The standard InChI is InChI=1S/C51H84O24/c1-19-5-10-51(66-18-19)20(2)32-27(75-51)13-24-22-12-26(56)25-11-21(6-8-49(25,3)23(22)7-9-50(24,32)4)67-45-41(65)38(62)42(31(17-55)71-45)72-48-44(74-47-40(64)37(61)34(58)29(15-53)69-47)43(35(59)30(16-54)70-48)73-46-39(63)36(60)33(57)28(14-52)68-46/h19-48,52-65H,5-18H2,1-4H3/t19-,20?,21?,22?,23?,24?,25-,26-,27?,28-,29-,30-,31-,32?,33-,34-,35-,36+,37+,38-,39-,40-,41-,42+,43+,44-,45-,46+,47+,48+,49-,50+,51-/m1/s1. The van der Waals surface area contributed by atoms with E-state index in [2.05, 4.69) is 27.7 Å². The molecule has 4 saturated carbocycles. The molecule has 1 spiro atoms. The first-order chi connectivity index (χ1) is 35.6. The maximum Gasteiger partial charge on any atom is 0.187 e. The fourth-order valence-electron chi connectivity index (χ4n) is 16.2. The fraction of sp³-hybridized carbons (Fsp3) is 1.00. The Morgan fingerprint density at radius 2 is 1.00 bits per heavy atom. The van der Waals surface area contributed by atoms with Crippen LogP contribution in [-0.4, -0.2) is 251 Å². The first-order valence-corrected chi connectivity index (χ1v) is 27.4. The van der Waals surface area contributed by atoms with E-state index in [4.69, 9.17) is 47.4 Å². The quantitative estimate of drug-likeness (QED) is 0.0830. The summed E-state index contributed by atoms with van der Waals surface area (Å²) in [5.41, 5.74) is -0.133. The molecule has 0 aromatic heterocycles. The zero-order valence-corrected chi connectivity index (χ0v) is 43.1. The minimum absolute atomic E-state index is 0.0667. The predicted molar refractivity (Wildman–Crippen MR) is 250 cm³/mol. The van der Waals surface area contributed by atoms with E-state index in [9.17, 15) is 71.5 Å². The van der Waals surface area contributed by atoms with E-state index in [0.717, 1.165) is 45.1 Å². The highest BCUT2D eigenvalue weighted by Gasteiger charge is 2.70. The lowest BCUT2D eigenvalue weighted by Gasteiger charge is -2.62. The Bertz CT molecular complexity index is 1910. The molecule has 24 heteroatoms. The van der Waals surface area contributed by atoms with Gasteiger partial charge in [0.25, 0.3) is 0 Å². The van der Waals surface area contributed by atoms with E-state index in [0.29, 0.717) is 48.9 Å². The summed E-state index contributed by atoms with van der Waals surface area (Å²) in [5.74, 6) is 1.64. The second-order valence-corrected chi connectivity index (χ2v) is 24.5. The Morgan fingerprint density at radius 1 is 0.467 bits per heavy atom. The minimum atomic E-state index is -2.05.